The number of halogens is 3. The summed E-state index contributed by atoms with van der Waals surface area (Å²) in [5.74, 6) is -0.0324. The Hall–Kier alpha value is -3.09. The average Bonchev–Trinajstić information content (AvgIpc) is 3.32. The normalized spacial score (nSPS) is 14.8. The molecule has 1 unspecified atom stereocenters. The number of carbonyl (C=O) groups is 1. The third-order valence-electron chi connectivity index (χ3n) is 5.13. The Morgan fingerprint density at radius 3 is 2.68 bits per heavy atom. The molecule has 1 N–H and O–H groups in total. The molecule has 0 amide bonds. The molecule has 2 aromatic carbocycles. The van der Waals surface area contributed by atoms with Crippen molar-refractivity contribution in [2.45, 2.75) is 25.6 Å². The van der Waals surface area contributed by atoms with Crippen LogP contribution >= 0.6 is 0 Å². The van der Waals surface area contributed by atoms with Gasteiger partial charge >= 0.3 is 6.18 Å². The maximum absolute atomic E-state index is 13.7. The molecule has 0 bridgehead atoms. The molecule has 7 heteroatoms. The van der Waals surface area contributed by atoms with E-state index < -0.39 is 17.8 Å². The van der Waals surface area contributed by atoms with E-state index in [0.29, 0.717) is 24.1 Å². The van der Waals surface area contributed by atoms with Gasteiger partial charge < -0.3 is 4.90 Å². The van der Waals surface area contributed by atoms with Gasteiger partial charge in [-0.05, 0) is 48.7 Å². The number of anilines is 1. The number of Topliss-reactive ketones (excluding diaryl/α,β-unsaturated/α-hetero) is 1. The summed E-state index contributed by atoms with van der Waals surface area (Å²) in [6.07, 6.45) is -0.613. The largest absolute Gasteiger partial charge is 0.416 e. The molecule has 1 aliphatic rings. The van der Waals surface area contributed by atoms with Crippen molar-refractivity contribution in [3.8, 4) is 0 Å². The number of rotatable bonds is 4. The molecule has 1 aliphatic heterocycles. The van der Waals surface area contributed by atoms with Crippen molar-refractivity contribution in [1.29, 1.82) is 0 Å². The van der Waals surface area contributed by atoms with E-state index in [9.17, 15) is 18.0 Å². The lowest BCUT2D eigenvalue weighted by Crippen LogP contribution is -2.29. The monoisotopic (exact) mass is 385 g/mol. The van der Waals surface area contributed by atoms with E-state index in [1.165, 1.54) is 19.1 Å². The molecule has 0 spiro atoms. The number of aromatic nitrogens is 2. The molecule has 0 fully saturated rings. The SMILES string of the molecule is CC(=O)c1ccc2c(c1)CCN2C(c1cn[nH]c1)c1ccccc1C(F)(F)F. The van der Waals surface area contributed by atoms with Gasteiger partial charge in [-0.3, -0.25) is 9.89 Å². The van der Waals surface area contributed by atoms with Gasteiger partial charge in [0.05, 0.1) is 17.8 Å². The molecule has 4 nitrogen and oxygen atoms in total. The molecule has 0 saturated carbocycles. The molecule has 1 atom stereocenters. The Morgan fingerprint density at radius 1 is 1.21 bits per heavy atom. The predicted molar refractivity (Wildman–Crippen MR) is 99.4 cm³/mol. The summed E-state index contributed by atoms with van der Waals surface area (Å²) in [4.78, 5) is 13.6. The highest BCUT2D eigenvalue weighted by Gasteiger charge is 2.38. The minimum atomic E-state index is -4.46. The molecule has 1 aromatic heterocycles. The molecule has 3 aromatic rings. The van der Waals surface area contributed by atoms with Crippen molar-refractivity contribution >= 4 is 11.5 Å². The first kappa shape index (κ1) is 18.3. The average molecular weight is 385 g/mol. The quantitative estimate of drug-likeness (QED) is 0.658. The summed E-state index contributed by atoms with van der Waals surface area (Å²) in [5, 5.41) is 6.65. The standard InChI is InChI=1S/C21H18F3N3O/c1-13(28)14-6-7-19-15(10-14)8-9-27(19)20(16-11-25-26-12-16)17-4-2-3-5-18(17)21(22,23)24/h2-7,10-12,20H,8-9H2,1H3,(H,25,26). The smallest absolute Gasteiger partial charge is 0.360 e. The lowest BCUT2D eigenvalue weighted by atomic mass is 9.94. The minimum Gasteiger partial charge on any atom is -0.360 e. The van der Waals surface area contributed by atoms with E-state index in [1.807, 2.05) is 17.0 Å². The van der Waals surface area contributed by atoms with Gasteiger partial charge in [-0.25, -0.2) is 0 Å². The van der Waals surface area contributed by atoms with Crippen LogP contribution < -0.4 is 4.90 Å². The Bertz CT molecular complexity index is 1010. The van der Waals surface area contributed by atoms with E-state index in [-0.39, 0.29) is 11.3 Å². The molecule has 0 radical (unpaired) electrons. The van der Waals surface area contributed by atoms with E-state index in [2.05, 4.69) is 10.2 Å². The number of fused-ring (bicyclic) bond motifs is 1. The zero-order valence-corrected chi connectivity index (χ0v) is 15.1. The van der Waals surface area contributed by atoms with Gasteiger partial charge in [0, 0.05) is 29.6 Å². The third kappa shape index (κ3) is 3.17. The minimum absolute atomic E-state index is 0.0324. The van der Waals surface area contributed by atoms with Crippen LogP contribution in [-0.2, 0) is 12.6 Å². The second kappa shape index (κ2) is 6.82. The molecule has 144 valence electrons. The lowest BCUT2D eigenvalue weighted by molar-refractivity contribution is -0.138. The summed E-state index contributed by atoms with van der Waals surface area (Å²) in [6.45, 7) is 2.06. The van der Waals surface area contributed by atoms with Crippen LogP contribution in [0.4, 0.5) is 18.9 Å². The van der Waals surface area contributed by atoms with Gasteiger partial charge in [-0.1, -0.05) is 18.2 Å². The number of hydrogen-bond acceptors (Lipinski definition) is 3. The van der Waals surface area contributed by atoms with E-state index in [0.717, 1.165) is 17.3 Å². The van der Waals surface area contributed by atoms with Crippen molar-refractivity contribution in [1.82, 2.24) is 10.2 Å². The van der Waals surface area contributed by atoms with Gasteiger partial charge in [0.1, 0.15) is 0 Å². The highest BCUT2D eigenvalue weighted by molar-refractivity contribution is 5.95. The first-order valence-electron chi connectivity index (χ1n) is 8.91. The van der Waals surface area contributed by atoms with E-state index >= 15 is 0 Å². The van der Waals surface area contributed by atoms with Crippen LogP contribution in [0.15, 0.2) is 54.9 Å². The number of aromatic amines is 1. The molecule has 2 heterocycles. The Kier molecular flexibility index (Phi) is 4.45. The van der Waals surface area contributed by atoms with Crippen LogP contribution in [-0.4, -0.2) is 22.5 Å². The van der Waals surface area contributed by atoms with Gasteiger partial charge in [0.15, 0.2) is 5.78 Å². The number of alkyl halides is 3. The molecule has 0 aliphatic carbocycles. The van der Waals surface area contributed by atoms with Crippen LogP contribution in [0.25, 0.3) is 0 Å². The number of nitrogens with zero attached hydrogens (tertiary/aromatic N) is 2. The highest BCUT2D eigenvalue weighted by Crippen LogP contribution is 2.43. The van der Waals surface area contributed by atoms with Crippen molar-refractivity contribution in [2.24, 2.45) is 0 Å². The zero-order chi connectivity index (χ0) is 19.9. The number of H-pyrrole nitrogens is 1. The first-order chi connectivity index (χ1) is 13.4. The predicted octanol–water partition coefficient (Wildman–Crippen LogP) is 4.78. The van der Waals surface area contributed by atoms with Crippen molar-refractivity contribution in [3.05, 3.63) is 82.7 Å². The second-order valence-corrected chi connectivity index (χ2v) is 6.86. The lowest BCUT2D eigenvalue weighted by Gasteiger charge is -2.32. The number of hydrogen-bond donors (Lipinski definition) is 1. The van der Waals surface area contributed by atoms with Crippen molar-refractivity contribution in [2.75, 3.05) is 11.4 Å². The second-order valence-electron chi connectivity index (χ2n) is 6.86. The van der Waals surface area contributed by atoms with E-state index in [4.69, 9.17) is 0 Å². The van der Waals surface area contributed by atoms with E-state index in [1.54, 1.807) is 24.5 Å². The fourth-order valence-electron chi connectivity index (χ4n) is 3.85. The first-order valence-corrected chi connectivity index (χ1v) is 8.91. The fourth-order valence-corrected chi connectivity index (χ4v) is 3.85. The molecular formula is C21H18F3N3O. The number of nitrogens with one attached hydrogen (secondary N) is 1. The molecule has 4 rings (SSSR count). The number of carbonyl (C=O) groups excluding carboxylic acids is 1. The van der Waals surface area contributed by atoms with Crippen LogP contribution in [0.2, 0.25) is 0 Å². The number of ketones is 1. The molecule has 28 heavy (non-hydrogen) atoms. The maximum atomic E-state index is 13.7. The van der Waals surface area contributed by atoms with Crippen LogP contribution in [0, 0.1) is 0 Å². The Morgan fingerprint density at radius 2 is 2.00 bits per heavy atom. The van der Waals surface area contributed by atoms with Crippen LogP contribution in [0.3, 0.4) is 0 Å². The van der Waals surface area contributed by atoms with Crippen LogP contribution in [0.1, 0.15) is 45.6 Å². The third-order valence-corrected chi connectivity index (χ3v) is 5.13. The van der Waals surface area contributed by atoms with Crippen molar-refractivity contribution < 1.29 is 18.0 Å². The summed E-state index contributed by atoms with van der Waals surface area (Å²) >= 11 is 0. The Labute approximate surface area is 160 Å². The van der Waals surface area contributed by atoms with Gasteiger partial charge in [-0.15, -0.1) is 0 Å². The Balaban J connectivity index is 1.85. The van der Waals surface area contributed by atoms with Gasteiger partial charge in [-0.2, -0.15) is 18.3 Å². The summed E-state index contributed by atoms with van der Waals surface area (Å²) < 4.78 is 41.1. The topological polar surface area (TPSA) is 49.0 Å². The summed E-state index contributed by atoms with van der Waals surface area (Å²) in [6, 6.07) is 10.4. The number of benzene rings is 2. The summed E-state index contributed by atoms with van der Waals surface area (Å²) in [7, 11) is 0. The summed E-state index contributed by atoms with van der Waals surface area (Å²) in [5.41, 5.74) is 2.59. The molecular weight excluding hydrogens is 367 g/mol. The van der Waals surface area contributed by atoms with Gasteiger partial charge in [0.2, 0.25) is 0 Å². The zero-order valence-electron chi connectivity index (χ0n) is 15.1. The van der Waals surface area contributed by atoms with Crippen LogP contribution in [0.5, 0.6) is 0 Å². The van der Waals surface area contributed by atoms with Gasteiger partial charge in [0.25, 0.3) is 0 Å². The highest BCUT2D eigenvalue weighted by atomic mass is 19.4. The van der Waals surface area contributed by atoms with Crippen molar-refractivity contribution in [3.63, 3.8) is 0 Å². The fraction of sp³-hybridized carbons (Fsp3) is 0.238. The molecule has 0 saturated heterocycles. The maximum Gasteiger partial charge on any atom is 0.416 e.